The first-order chi connectivity index (χ1) is 12.7. The molecule has 2 N–H and O–H groups in total. The molecule has 2 amide bonds. The van der Waals surface area contributed by atoms with Crippen molar-refractivity contribution in [3.8, 4) is 11.5 Å². The Balaban J connectivity index is 1.47. The summed E-state index contributed by atoms with van der Waals surface area (Å²) < 4.78 is 10.5. The molecule has 1 aliphatic heterocycles. The normalized spacial score (nSPS) is 16.8. The Morgan fingerprint density at radius 1 is 1.35 bits per heavy atom. The maximum absolute atomic E-state index is 12.5. The zero-order chi connectivity index (χ0) is 18.1. The Kier molecular flexibility index (Phi) is 4.34. The van der Waals surface area contributed by atoms with E-state index in [1.165, 1.54) is 11.3 Å². The minimum atomic E-state index is -0.275. The van der Waals surface area contributed by atoms with E-state index in [-0.39, 0.29) is 24.5 Å². The van der Waals surface area contributed by atoms with Crippen LogP contribution in [0.15, 0.2) is 30.9 Å². The van der Waals surface area contributed by atoms with Gasteiger partial charge in [-0.15, -0.1) is 17.9 Å². The summed E-state index contributed by atoms with van der Waals surface area (Å²) in [5.41, 5.74) is 1.22. The molecule has 1 aromatic carbocycles. The van der Waals surface area contributed by atoms with Crippen molar-refractivity contribution in [2.24, 2.45) is 0 Å². The van der Waals surface area contributed by atoms with E-state index < -0.39 is 0 Å². The molecule has 134 valence electrons. The number of hydrogen-bond acceptors (Lipinski definition) is 6. The van der Waals surface area contributed by atoms with Crippen molar-refractivity contribution in [1.82, 2.24) is 10.3 Å². The van der Waals surface area contributed by atoms with Crippen molar-refractivity contribution in [3.05, 3.63) is 47.0 Å². The van der Waals surface area contributed by atoms with E-state index in [2.05, 4.69) is 22.2 Å². The minimum Gasteiger partial charge on any atom is -0.454 e. The van der Waals surface area contributed by atoms with E-state index in [1.807, 2.05) is 0 Å². The van der Waals surface area contributed by atoms with Crippen molar-refractivity contribution in [3.63, 3.8) is 0 Å². The number of aryl methyl sites for hydroxylation is 1. The van der Waals surface area contributed by atoms with Crippen LogP contribution in [0.3, 0.4) is 0 Å². The Morgan fingerprint density at radius 3 is 3.04 bits per heavy atom. The summed E-state index contributed by atoms with van der Waals surface area (Å²) >= 11 is 1.42. The summed E-state index contributed by atoms with van der Waals surface area (Å²) in [4.78, 5) is 30.2. The number of anilines is 1. The summed E-state index contributed by atoms with van der Waals surface area (Å²) in [5.74, 6) is 0.588. The molecule has 0 bridgehead atoms. The van der Waals surface area contributed by atoms with Crippen LogP contribution in [-0.2, 0) is 11.2 Å². The number of carbonyl (C=O) groups is 2. The number of fused-ring (bicyclic) bond motifs is 2. The molecule has 0 saturated heterocycles. The van der Waals surface area contributed by atoms with E-state index in [9.17, 15) is 9.59 Å². The number of thiazole rings is 1. The van der Waals surface area contributed by atoms with Crippen LogP contribution in [0.5, 0.6) is 11.5 Å². The van der Waals surface area contributed by atoms with Crippen LogP contribution >= 0.6 is 11.3 Å². The van der Waals surface area contributed by atoms with Gasteiger partial charge in [0.15, 0.2) is 16.6 Å². The molecule has 1 unspecified atom stereocenters. The molecule has 1 aliphatic carbocycles. The van der Waals surface area contributed by atoms with Gasteiger partial charge in [-0.05, 0) is 31.0 Å². The fraction of sp³-hybridized carbons (Fsp3) is 0.278. The monoisotopic (exact) mass is 371 g/mol. The average molecular weight is 371 g/mol. The third-order valence-electron chi connectivity index (χ3n) is 4.31. The Morgan fingerprint density at radius 2 is 2.19 bits per heavy atom. The third kappa shape index (κ3) is 3.03. The predicted octanol–water partition coefficient (Wildman–Crippen LogP) is 2.46. The lowest BCUT2D eigenvalue weighted by atomic mass is 10.1. The van der Waals surface area contributed by atoms with Crippen molar-refractivity contribution in [2.45, 2.75) is 18.8 Å². The summed E-state index contributed by atoms with van der Waals surface area (Å²) in [6, 6.07) is 5.03. The SMILES string of the molecule is C=CCNC(=O)C1CCc2sc(NC(=O)c3ccc4c(c3)OCO4)nc21. The molecule has 2 aliphatic rings. The van der Waals surface area contributed by atoms with Crippen molar-refractivity contribution < 1.29 is 19.1 Å². The van der Waals surface area contributed by atoms with Gasteiger partial charge in [0.25, 0.3) is 5.91 Å². The van der Waals surface area contributed by atoms with Crippen molar-refractivity contribution in [2.75, 3.05) is 18.7 Å². The van der Waals surface area contributed by atoms with Gasteiger partial charge >= 0.3 is 0 Å². The lowest BCUT2D eigenvalue weighted by molar-refractivity contribution is -0.122. The maximum atomic E-state index is 12.5. The lowest BCUT2D eigenvalue weighted by Crippen LogP contribution is -2.28. The first-order valence-electron chi connectivity index (χ1n) is 8.25. The number of nitrogens with zero attached hydrogens (tertiary/aromatic N) is 1. The molecule has 0 saturated carbocycles. The van der Waals surface area contributed by atoms with Crippen LogP contribution in [0.2, 0.25) is 0 Å². The third-order valence-corrected chi connectivity index (χ3v) is 5.36. The Hall–Kier alpha value is -2.87. The minimum absolute atomic E-state index is 0.0532. The Labute approximate surface area is 154 Å². The molecule has 2 aromatic rings. The second-order valence-electron chi connectivity index (χ2n) is 5.97. The molecule has 4 rings (SSSR count). The zero-order valence-electron chi connectivity index (χ0n) is 13.9. The zero-order valence-corrected chi connectivity index (χ0v) is 14.7. The highest BCUT2D eigenvalue weighted by Crippen LogP contribution is 2.39. The summed E-state index contributed by atoms with van der Waals surface area (Å²) in [6.45, 7) is 4.19. The molecular weight excluding hydrogens is 354 g/mol. The quantitative estimate of drug-likeness (QED) is 0.788. The van der Waals surface area contributed by atoms with E-state index in [4.69, 9.17) is 9.47 Å². The molecule has 0 radical (unpaired) electrons. The van der Waals surface area contributed by atoms with Crippen LogP contribution in [0.4, 0.5) is 5.13 Å². The molecular formula is C18H17N3O4S. The summed E-state index contributed by atoms with van der Waals surface area (Å²) in [6.07, 6.45) is 3.18. The second-order valence-corrected chi connectivity index (χ2v) is 7.06. The van der Waals surface area contributed by atoms with Crippen LogP contribution in [-0.4, -0.2) is 30.1 Å². The van der Waals surface area contributed by atoms with Gasteiger partial charge in [0, 0.05) is 17.0 Å². The predicted molar refractivity (Wildman–Crippen MR) is 96.9 cm³/mol. The number of aromatic nitrogens is 1. The topological polar surface area (TPSA) is 89.6 Å². The lowest BCUT2D eigenvalue weighted by Gasteiger charge is -2.09. The van der Waals surface area contributed by atoms with Crippen LogP contribution in [0.25, 0.3) is 0 Å². The van der Waals surface area contributed by atoms with Crippen LogP contribution in [0, 0.1) is 0 Å². The second kappa shape index (κ2) is 6.80. The number of benzene rings is 1. The van der Waals surface area contributed by atoms with Gasteiger partial charge in [-0.25, -0.2) is 4.98 Å². The number of amides is 2. The molecule has 1 atom stereocenters. The molecule has 0 fully saturated rings. The summed E-state index contributed by atoms with van der Waals surface area (Å²) in [5, 5.41) is 6.11. The molecule has 2 heterocycles. The van der Waals surface area contributed by atoms with E-state index in [0.29, 0.717) is 28.7 Å². The summed E-state index contributed by atoms with van der Waals surface area (Å²) in [7, 11) is 0. The smallest absolute Gasteiger partial charge is 0.257 e. The van der Waals surface area contributed by atoms with Gasteiger partial charge in [-0.3, -0.25) is 14.9 Å². The molecule has 8 heteroatoms. The average Bonchev–Trinajstić information content (AvgIpc) is 3.33. The number of rotatable bonds is 5. The highest BCUT2D eigenvalue weighted by molar-refractivity contribution is 7.16. The first-order valence-corrected chi connectivity index (χ1v) is 9.06. The van der Waals surface area contributed by atoms with E-state index in [1.54, 1.807) is 24.3 Å². The number of hydrogen-bond donors (Lipinski definition) is 2. The van der Waals surface area contributed by atoms with Crippen LogP contribution in [0.1, 0.15) is 33.3 Å². The van der Waals surface area contributed by atoms with Crippen molar-refractivity contribution >= 4 is 28.3 Å². The van der Waals surface area contributed by atoms with Gasteiger partial charge in [0.1, 0.15) is 0 Å². The van der Waals surface area contributed by atoms with Gasteiger partial charge in [0.05, 0.1) is 11.6 Å². The maximum Gasteiger partial charge on any atom is 0.257 e. The number of carbonyl (C=O) groups excluding carboxylic acids is 2. The number of nitrogens with one attached hydrogen (secondary N) is 2. The number of ether oxygens (including phenoxy) is 2. The fourth-order valence-corrected chi connectivity index (χ4v) is 4.07. The highest BCUT2D eigenvalue weighted by atomic mass is 32.1. The Bertz CT molecular complexity index is 893. The van der Waals surface area contributed by atoms with Crippen LogP contribution < -0.4 is 20.1 Å². The largest absolute Gasteiger partial charge is 0.454 e. The molecule has 0 spiro atoms. The van der Waals surface area contributed by atoms with Gasteiger partial charge in [0.2, 0.25) is 12.7 Å². The van der Waals surface area contributed by atoms with Crippen molar-refractivity contribution in [1.29, 1.82) is 0 Å². The molecule has 26 heavy (non-hydrogen) atoms. The highest BCUT2D eigenvalue weighted by Gasteiger charge is 2.32. The molecule has 1 aromatic heterocycles. The first kappa shape index (κ1) is 16.6. The van der Waals surface area contributed by atoms with Gasteiger partial charge in [-0.1, -0.05) is 6.08 Å². The van der Waals surface area contributed by atoms with E-state index >= 15 is 0 Å². The van der Waals surface area contributed by atoms with Gasteiger partial charge < -0.3 is 14.8 Å². The van der Waals surface area contributed by atoms with Gasteiger partial charge in [-0.2, -0.15) is 0 Å². The fourth-order valence-electron chi connectivity index (χ4n) is 3.04. The molecule has 7 nitrogen and oxygen atoms in total. The van der Waals surface area contributed by atoms with E-state index in [0.717, 1.165) is 23.4 Å². The standard InChI is InChI=1S/C18H17N3O4S/c1-2-7-19-17(23)11-4-6-14-15(11)20-18(26-14)21-16(22)10-3-5-12-13(8-10)25-9-24-12/h2-3,5,8,11H,1,4,6-7,9H2,(H,19,23)(H,20,21,22).